The monoisotopic (exact) mass is 641 g/mol. The second-order valence-electron chi connectivity index (χ2n) is 13.1. The number of nitrogens with one attached hydrogen (secondary N) is 2. The van der Waals surface area contributed by atoms with E-state index in [1.807, 2.05) is 58.0 Å². The van der Waals surface area contributed by atoms with Crippen molar-refractivity contribution in [3.63, 3.8) is 0 Å². The number of carbonyl (C=O) groups excluding carboxylic acids is 6. The molecule has 0 aliphatic carbocycles. The molecule has 2 aliphatic heterocycles. The molecule has 5 amide bonds. The molecule has 12 heteroatoms. The van der Waals surface area contributed by atoms with Crippen molar-refractivity contribution in [2.45, 2.75) is 103 Å². The Hall–Kier alpha value is -3.96. The lowest BCUT2D eigenvalue weighted by atomic mass is 9.99. The Bertz CT molecular complexity index is 1250. The number of amides is 5. The quantitative estimate of drug-likeness (QED) is 0.452. The first-order valence-corrected chi connectivity index (χ1v) is 16.4. The van der Waals surface area contributed by atoms with E-state index < -0.39 is 65.8 Å². The number of ether oxygens (including phenoxy) is 1. The van der Waals surface area contributed by atoms with Crippen LogP contribution in [0.5, 0.6) is 0 Å². The van der Waals surface area contributed by atoms with E-state index in [1.54, 1.807) is 6.92 Å². The minimum Gasteiger partial charge on any atom is -0.452 e. The lowest BCUT2D eigenvalue weighted by Gasteiger charge is -2.36. The summed E-state index contributed by atoms with van der Waals surface area (Å²) in [6, 6.07) is 5.59. The molecule has 2 heterocycles. The zero-order chi connectivity index (χ0) is 34.1. The highest BCUT2D eigenvalue weighted by Crippen LogP contribution is 2.23. The van der Waals surface area contributed by atoms with Gasteiger partial charge in [-0.05, 0) is 43.1 Å². The molecule has 12 nitrogen and oxygen atoms in total. The van der Waals surface area contributed by atoms with E-state index in [4.69, 9.17) is 4.74 Å². The molecule has 2 saturated heterocycles. The zero-order valence-corrected chi connectivity index (χ0v) is 28.3. The van der Waals surface area contributed by atoms with Gasteiger partial charge in [-0.1, -0.05) is 65.0 Å². The molecular weight excluding hydrogens is 590 g/mol. The maximum atomic E-state index is 14.1. The second-order valence-corrected chi connectivity index (χ2v) is 13.1. The lowest BCUT2D eigenvalue weighted by molar-refractivity contribution is -0.162. The van der Waals surface area contributed by atoms with Crippen LogP contribution in [0.4, 0.5) is 0 Å². The average Bonchev–Trinajstić information content (AvgIpc) is 3.50. The topological polar surface area (TPSA) is 145 Å². The van der Waals surface area contributed by atoms with Crippen LogP contribution < -0.4 is 10.6 Å². The molecule has 2 N–H and O–H groups in total. The largest absolute Gasteiger partial charge is 0.452 e. The minimum absolute atomic E-state index is 0.0211. The highest BCUT2D eigenvalue weighted by molar-refractivity contribution is 5.96. The molecule has 0 unspecified atom stereocenters. The molecule has 46 heavy (non-hydrogen) atoms. The van der Waals surface area contributed by atoms with Gasteiger partial charge in [-0.2, -0.15) is 0 Å². The number of hydrogen-bond donors (Lipinski definition) is 2. The van der Waals surface area contributed by atoms with Crippen molar-refractivity contribution in [2.75, 3.05) is 27.2 Å². The van der Waals surface area contributed by atoms with E-state index >= 15 is 0 Å². The number of cyclic esters (lactones) is 1. The molecule has 2 aliphatic rings. The summed E-state index contributed by atoms with van der Waals surface area (Å²) in [6.07, 6.45) is 0.415. The van der Waals surface area contributed by atoms with Crippen molar-refractivity contribution >= 4 is 35.5 Å². The zero-order valence-electron chi connectivity index (χ0n) is 28.3. The van der Waals surface area contributed by atoms with Crippen LogP contribution in [0.3, 0.4) is 0 Å². The van der Waals surface area contributed by atoms with Gasteiger partial charge in [0.25, 0.3) is 5.91 Å². The summed E-state index contributed by atoms with van der Waals surface area (Å²) in [7, 11) is 3.06. The third kappa shape index (κ3) is 9.07. The van der Waals surface area contributed by atoms with E-state index in [0.717, 1.165) is 5.56 Å². The molecule has 0 radical (unpaired) electrons. The second kappa shape index (κ2) is 16.6. The standard InChI is InChI=1S/C34H51N5O7/c1-8-25-33(44)38(7)29(22(4)5)31(42)35-17-16-28(40)46-27(19-21(2)3)34(45)39-18-12-15-26(39)30(41)36-24(32(43)37(25)6)20-23-13-10-9-11-14-23/h9-11,13-14,21-22,24-27,29H,8,12,15-20H2,1-7H3,(H,35,42)(H,36,41)/t24-,25-,26-,27-,29-/m0/s1. The fourth-order valence-corrected chi connectivity index (χ4v) is 6.35. The number of carbonyl (C=O) groups is 6. The van der Waals surface area contributed by atoms with Gasteiger partial charge in [0.05, 0.1) is 6.42 Å². The van der Waals surface area contributed by atoms with Crippen molar-refractivity contribution < 1.29 is 33.5 Å². The molecule has 254 valence electrons. The van der Waals surface area contributed by atoms with Crippen LogP contribution in [-0.2, 0) is 39.9 Å². The lowest BCUT2D eigenvalue weighted by Crippen LogP contribution is -2.59. The maximum absolute atomic E-state index is 14.1. The van der Waals surface area contributed by atoms with Gasteiger partial charge >= 0.3 is 5.97 Å². The Kier molecular flexibility index (Phi) is 13.1. The summed E-state index contributed by atoms with van der Waals surface area (Å²) in [5.41, 5.74) is 0.809. The van der Waals surface area contributed by atoms with Gasteiger partial charge in [-0.25, -0.2) is 0 Å². The smallest absolute Gasteiger partial charge is 0.308 e. The molecule has 0 aromatic heterocycles. The van der Waals surface area contributed by atoms with Crippen LogP contribution in [0.1, 0.15) is 72.3 Å². The molecule has 0 saturated carbocycles. The normalized spacial score (nSPS) is 26.4. The average molecular weight is 642 g/mol. The Morgan fingerprint density at radius 3 is 2.17 bits per heavy atom. The molecule has 2 fully saturated rings. The summed E-state index contributed by atoms with van der Waals surface area (Å²) in [5.74, 6) is -3.16. The van der Waals surface area contributed by atoms with E-state index in [1.165, 1.54) is 28.8 Å². The van der Waals surface area contributed by atoms with Crippen LogP contribution in [0.15, 0.2) is 30.3 Å². The fourth-order valence-electron chi connectivity index (χ4n) is 6.35. The van der Waals surface area contributed by atoms with E-state index in [2.05, 4.69) is 10.6 Å². The van der Waals surface area contributed by atoms with Crippen molar-refractivity contribution in [1.29, 1.82) is 0 Å². The first-order chi connectivity index (χ1) is 21.8. The maximum Gasteiger partial charge on any atom is 0.308 e. The SMILES string of the molecule is CC[C@H]1C(=O)N(C)[C@@H](C(C)C)C(=O)NCCC(=O)O[C@@H](CC(C)C)C(=O)N2CCC[C@H]2C(=O)N[C@@H](Cc2ccccc2)C(=O)N1C. The number of nitrogens with zero attached hydrogens (tertiary/aromatic N) is 3. The number of esters is 1. The van der Waals surface area contributed by atoms with Crippen LogP contribution in [0.25, 0.3) is 0 Å². The van der Waals surface area contributed by atoms with Crippen molar-refractivity contribution in [1.82, 2.24) is 25.3 Å². The first kappa shape index (κ1) is 36.5. The van der Waals surface area contributed by atoms with E-state index in [9.17, 15) is 28.8 Å². The Morgan fingerprint density at radius 2 is 1.57 bits per heavy atom. The summed E-state index contributed by atoms with van der Waals surface area (Å²) >= 11 is 0. The van der Waals surface area contributed by atoms with Gasteiger partial charge in [0, 0.05) is 33.6 Å². The molecule has 1 aromatic carbocycles. The molecule has 5 atom stereocenters. The van der Waals surface area contributed by atoms with Gasteiger partial charge in [-0.15, -0.1) is 0 Å². The summed E-state index contributed by atoms with van der Waals surface area (Å²) in [6.45, 7) is 9.50. The third-order valence-electron chi connectivity index (χ3n) is 8.75. The van der Waals surface area contributed by atoms with Gasteiger partial charge < -0.3 is 30.1 Å². The van der Waals surface area contributed by atoms with E-state index in [-0.39, 0.29) is 44.1 Å². The van der Waals surface area contributed by atoms with Gasteiger partial charge in [-0.3, -0.25) is 28.8 Å². The number of fused-ring (bicyclic) bond motifs is 1. The molecule has 0 bridgehead atoms. The molecular formula is C34H51N5O7. The van der Waals surface area contributed by atoms with Crippen LogP contribution in [-0.4, -0.2) is 108 Å². The summed E-state index contributed by atoms with van der Waals surface area (Å²) in [5, 5.41) is 5.64. The number of rotatable bonds is 6. The Morgan fingerprint density at radius 1 is 0.891 bits per heavy atom. The predicted molar refractivity (Wildman–Crippen MR) is 172 cm³/mol. The van der Waals surface area contributed by atoms with Crippen molar-refractivity contribution in [2.24, 2.45) is 11.8 Å². The molecule has 1 aromatic rings. The van der Waals surface area contributed by atoms with Gasteiger partial charge in [0.1, 0.15) is 24.2 Å². The highest BCUT2D eigenvalue weighted by atomic mass is 16.5. The Balaban J connectivity index is 2.05. The molecule has 0 spiro atoms. The van der Waals surface area contributed by atoms with Gasteiger partial charge in [0.2, 0.25) is 23.6 Å². The van der Waals surface area contributed by atoms with Crippen LogP contribution >= 0.6 is 0 Å². The van der Waals surface area contributed by atoms with Crippen LogP contribution in [0.2, 0.25) is 0 Å². The van der Waals surface area contributed by atoms with Crippen LogP contribution in [0, 0.1) is 11.8 Å². The number of hydrogen-bond acceptors (Lipinski definition) is 7. The highest BCUT2D eigenvalue weighted by Gasteiger charge is 2.42. The third-order valence-corrected chi connectivity index (χ3v) is 8.75. The first-order valence-electron chi connectivity index (χ1n) is 16.4. The summed E-state index contributed by atoms with van der Waals surface area (Å²) < 4.78 is 5.65. The predicted octanol–water partition coefficient (Wildman–Crippen LogP) is 1.90. The summed E-state index contributed by atoms with van der Waals surface area (Å²) in [4.78, 5) is 86.0. The fraction of sp³-hybridized carbons (Fsp3) is 0.647. The van der Waals surface area contributed by atoms with Crippen molar-refractivity contribution in [3.05, 3.63) is 35.9 Å². The minimum atomic E-state index is -1.09. The van der Waals surface area contributed by atoms with E-state index in [0.29, 0.717) is 19.4 Å². The Labute approximate surface area is 272 Å². The van der Waals surface area contributed by atoms with Crippen molar-refractivity contribution in [3.8, 4) is 0 Å². The van der Waals surface area contributed by atoms with Gasteiger partial charge in [0.15, 0.2) is 6.10 Å². The molecule has 3 rings (SSSR count). The number of likely N-dealkylation sites (N-methyl/N-ethyl adjacent to an activating group) is 2. The number of benzene rings is 1.